The maximum atomic E-state index is 6.41. The molecule has 0 aliphatic rings. The molecule has 8 aromatic carbocycles. The lowest BCUT2D eigenvalue weighted by atomic mass is 9.92. The van der Waals surface area contributed by atoms with Gasteiger partial charge in [-0.3, -0.25) is 0 Å². The van der Waals surface area contributed by atoms with Gasteiger partial charge in [0, 0.05) is 11.1 Å². The highest BCUT2D eigenvalue weighted by molar-refractivity contribution is 5.84. The predicted octanol–water partition coefficient (Wildman–Crippen LogP) is 12.8. The summed E-state index contributed by atoms with van der Waals surface area (Å²) in [6, 6.07) is 72.2. The van der Waals surface area contributed by atoms with E-state index in [-0.39, 0.29) is 5.95 Å². The highest BCUT2D eigenvalue weighted by Crippen LogP contribution is 2.36. The Hall–Kier alpha value is -7.43. The Balaban J connectivity index is 1.10. The van der Waals surface area contributed by atoms with Crippen LogP contribution < -0.4 is 5.73 Å². The molecule has 0 radical (unpaired) electrons. The van der Waals surface area contributed by atoms with Gasteiger partial charge in [0.05, 0.1) is 0 Å². The first kappa shape index (κ1) is 33.4. The van der Waals surface area contributed by atoms with Crippen LogP contribution in [0.5, 0.6) is 0 Å². The SMILES string of the molecule is Nc1nc(-c2cccc(-c3cc(-c4ccccc4)cc(-c4ccccc4)c3)c2)nc(-c2cccc(-c3cc(-c4ccccc4)cc(-c4ccccc4)c3)c2)n1. The van der Waals surface area contributed by atoms with E-state index >= 15 is 0 Å². The third kappa shape index (κ3) is 7.30. The van der Waals surface area contributed by atoms with Crippen molar-refractivity contribution in [1.82, 2.24) is 15.0 Å². The molecule has 0 spiro atoms. The van der Waals surface area contributed by atoms with Crippen LogP contribution in [0.1, 0.15) is 0 Å². The van der Waals surface area contributed by atoms with Crippen molar-refractivity contribution in [2.24, 2.45) is 0 Å². The molecular formula is C51H36N4. The van der Waals surface area contributed by atoms with Crippen LogP contribution in [0.2, 0.25) is 0 Å². The van der Waals surface area contributed by atoms with Crippen molar-refractivity contribution in [3.63, 3.8) is 0 Å². The molecule has 1 aromatic heterocycles. The molecule has 0 atom stereocenters. The molecule has 4 nitrogen and oxygen atoms in total. The molecule has 9 rings (SSSR count). The van der Waals surface area contributed by atoms with Crippen molar-refractivity contribution in [2.45, 2.75) is 0 Å². The Morgan fingerprint density at radius 1 is 0.218 bits per heavy atom. The number of anilines is 1. The molecular weight excluding hydrogens is 669 g/mol. The van der Waals surface area contributed by atoms with Crippen LogP contribution in [0.25, 0.3) is 89.5 Å². The van der Waals surface area contributed by atoms with E-state index < -0.39 is 0 Å². The third-order valence-electron chi connectivity index (χ3n) is 9.86. The van der Waals surface area contributed by atoms with Crippen molar-refractivity contribution >= 4 is 5.95 Å². The number of hydrogen-bond acceptors (Lipinski definition) is 4. The lowest BCUT2D eigenvalue weighted by molar-refractivity contribution is 1.08. The zero-order chi connectivity index (χ0) is 37.0. The predicted molar refractivity (Wildman–Crippen MR) is 228 cm³/mol. The Morgan fingerprint density at radius 3 is 0.764 bits per heavy atom. The zero-order valence-electron chi connectivity index (χ0n) is 30.0. The summed E-state index contributed by atoms with van der Waals surface area (Å²) in [7, 11) is 0. The van der Waals surface area contributed by atoms with Crippen LogP contribution in [0, 0.1) is 0 Å². The molecule has 4 heteroatoms. The van der Waals surface area contributed by atoms with Crippen molar-refractivity contribution in [3.05, 3.63) is 206 Å². The lowest BCUT2D eigenvalue weighted by Crippen LogP contribution is -2.02. The largest absolute Gasteiger partial charge is 0.368 e. The number of nitrogen functional groups attached to an aromatic ring is 1. The molecule has 0 saturated carbocycles. The fraction of sp³-hybridized carbons (Fsp3) is 0. The van der Waals surface area contributed by atoms with Crippen LogP contribution in [-0.2, 0) is 0 Å². The van der Waals surface area contributed by atoms with Crippen LogP contribution in [-0.4, -0.2) is 15.0 Å². The van der Waals surface area contributed by atoms with Crippen LogP contribution in [0.4, 0.5) is 5.95 Å². The summed E-state index contributed by atoms with van der Waals surface area (Å²) in [6.07, 6.45) is 0. The second-order valence-corrected chi connectivity index (χ2v) is 13.6. The van der Waals surface area contributed by atoms with E-state index in [0.717, 1.165) is 77.9 Å². The summed E-state index contributed by atoms with van der Waals surface area (Å²) in [4.78, 5) is 14.2. The number of benzene rings is 8. The quantitative estimate of drug-likeness (QED) is 0.171. The Labute approximate surface area is 321 Å². The van der Waals surface area contributed by atoms with Gasteiger partial charge in [-0.2, -0.15) is 9.97 Å². The van der Waals surface area contributed by atoms with E-state index in [1.54, 1.807) is 0 Å². The average Bonchev–Trinajstić information content (AvgIpc) is 3.27. The van der Waals surface area contributed by atoms with Gasteiger partial charge in [-0.25, -0.2) is 4.98 Å². The van der Waals surface area contributed by atoms with Crippen molar-refractivity contribution in [2.75, 3.05) is 5.73 Å². The van der Waals surface area contributed by atoms with Gasteiger partial charge in [0.25, 0.3) is 0 Å². The van der Waals surface area contributed by atoms with E-state index in [2.05, 4.69) is 168 Å². The first-order valence-electron chi connectivity index (χ1n) is 18.4. The summed E-state index contributed by atoms with van der Waals surface area (Å²) in [5, 5.41) is 0. The fourth-order valence-electron chi connectivity index (χ4n) is 7.10. The van der Waals surface area contributed by atoms with E-state index in [0.29, 0.717) is 11.6 Å². The Morgan fingerprint density at radius 2 is 0.455 bits per heavy atom. The first-order chi connectivity index (χ1) is 27.1. The topological polar surface area (TPSA) is 64.7 Å². The molecule has 0 saturated heterocycles. The third-order valence-corrected chi connectivity index (χ3v) is 9.86. The number of rotatable bonds is 8. The van der Waals surface area contributed by atoms with Gasteiger partial charge in [-0.05, 0) is 115 Å². The van der Waals surface area contributed by atoms with Gasteiger partial charge in [-0.15, -0.1) is 0 Å². The molecule has 0 fully saturated rings. The maximum Gasteiger partial charge on any atom is 0.224 e. The van der Waals surface area contributed by atoms with Crippen LogP contribution >= 0.6 is 0 Å². The van der Waals surface area contributed by atoms with Crippen molar-refractivity contribution < 1.29 is 0 Å². The Bertz CT molecular complexity index is 2440. The molecule has 55 heavy (non-hydrogen) atoms. The average molecular weight is 705 g/mol. The highest BCUT2D eigenvalue weighted by Gasteiger charge is 2.14. The molecule has 2 N–H and O–H groups in total. The van der Waals surface area contributed by atoms with Gasteiger partial charge >= 0.3 is 0 Å². The monoisotopic (exact) mass is 704 g/mol. The number of aromatic nitrogens is 3. The number of nitrogens with zero attached hydrogens (tertiary/aromatic N) is 3. The van der Waals surface area contributed by atoms with Gasteiger partial charge in [-0.1, -0.05) is 158 Å². The molecule has 0 aliphatic carbocycles. The fourth-order valence-corrected chi connectivity index (χ4v) is 7.10. The maximum absolute atomic E-state index is 6.41. The number of hydrogen-bond donors (Lipinski definition) is 1. The second kappa shape index (κ2) is 14.9. The summed E-state index contributed by atoms with van der Waals surface area (Å²) in [5.41, 5.74) is 21.7. The molecule has 1 heterocycles. The Kier molecular flexibility index (Phi) is 9.05. The van der Waals surface area contributed by atoms with Crippen molar-refractivity contribution in [3.8, 4) is 89.5 Å². The van der Waals surface area contributed by atoms with E-state index in [1.807, 2.05) is 48.5 Å². The van der Waals surface area contributed by atoms with Crippen LogP contribution in [0.3, 0.4) is 0 Å². The smallest absolute Gasteiger partial charge is 0.224 e. The normalized spacial score (nSPS) is 11.0. The summed E-state index contributed by atoms with van der Waals surface area (Å²) >= 11 is 0. The molecule has 9 aromatic rings. The zero-order valence-corrected chi connectivity index (χ0v) is 30.0. The summed E-state index contributed by atoms with van der Waals surface area (Å²) < 4.78 is 0. The molecule has 0 bridgehead atoms. The second-order valence-electron chi connectivity index (χ2n) is 13.6. The highest BCUT2D eigenvalue weighted by atomic mass is 15.1. The minimum absolute atomic E-state index is 0.172. The van der Waals surface area contributed by atoms with Gasteiger partial charge in [0.15, 0.2) is 11.6 Å². The van der Waals surface area contributed by atoms with Gasteiger partial charge < -0.3 is 5.73 Å². The van der Waals surface area contributed by atoms with Gasteiger partial charge in [0.1, 0.15) is 0 Å². The lowest BCUT2D eigenvalue weighted by Gasteiger charge is -2.13. The molecule has 0 unspecified atom stereocenters. The first-order valence-corrected chi connectivity index (χ1v) is 18.4. The minimum Gasteiger partial charge on any atom is -0.368 e. The van der Waals surface area contributed by atoms with E-state index in [9.17, 15) is 0 Å². The standard InChI is InChI=1S/C51H36N4/c52-51-54-49(41-25-13-23-39(27-41)47-31-43(35-15-5-1-6-16-35)29-44(32-47)36-17-7-2-8-18-36)53-50(55-51)42-26-14-24-40(28-42)48-33-45(37-19-9-3-10-20-37)30-46(34-48)38-21-11-4-12-22-38/h1-34H,(H2,52,53,54,55). The molecule has 0 aliphatic heterocycles. The number of nitrogens with two attached hydrogens (primary N) is 1. The minimum atomic E-state index is 0.172. The summed E-state index contributed by atoms with van der Waals surface area (Å²) in [5.74, 6) is 1.22. The van der Waals surface area contributed by atoms with Crippen LogP contribution in [0.15, 0.2) is 206 Å². The molecule has 260 valence electrons. The van der Waals surface area contributed by atoms with E-state index in [4.69, 9.17) is 10.7 Å². The van der Waals surface area contributed by atoms with Crippen molar-refractivity contribution in [1.29, 1.82) is 0 Å². The molecule has 0 amide bonds. The van der Waals surface area contributed by atoms with E-state index in [1.165, 1.54) is 0 Å². The van der Waals surface area contributed by atoms with Gasteiger partial charge in [0.2, 0.25) is 5.95 Å². The summed E-state index contributed by atoms with van der Waals surface area (Å²) in [6.45, 7) is 0.